The number of hydrogen-bond acceptors (Lipinski definition) is 11. The van der Waals surface area contributed by atoms with Gasteiger partial charge in [0.1, 0.15) is 29.6 Å². The standard InChI is InChI=1S/C28H36F2O12S/c1-12(28(29,30)43(35,36)37)38-16(31)4-5-17(32)39-22-21-19(18-20(40-21)23(22)41-24(18)33)25(34)42-26(2,3)27-9-13-6-14(10-27)8-15(7-13)11-27/h12-15,18-23H,4-11H2,1-3H3,(H,35,36,37). The van der Waals surface area contributed by atoms with Gasteiger partial charge in [-0.2, -0.15) is 17.2 Å². The molecule has 15 heteroatoms. The van der Waals surface area contributed by atoms with Crippen LogP contribution in [0.1, 0.15) is 72.1 Å². The fourth-order valence-electron chi connectivity index (χ4n) is 8.96. The van der Waals surface area contributed by atoms with Crippen LogP contribution in [0.4, 0.5) is 8.78 Å². The summed E-state index contributed by atoms with van der Waals surface area (Å²) in [6.45, 7) is 4.45. The smallest absolute Gasteiger partial charge is 0.405 e. The number of esters is 4. The van der Waals surface area contributed by atoms with E-state index in [0.29, 0.717) is 24.7 Å². The maximum atomic E-state index is 13.7. The summed E-state index contributed by atoms with van der Waals surface area (Å²) < 4.78 is 85.0. The lowest BCUT2D eigenvalue weighted by Crippen LogP contribution is -2.58. The molecule has 12 nitrogen and oxygen atoms in total. The molecule has 7 atom stereocenters. The highest BCUT2D eigenvalue weighted by Crippen LogP contribution is 2.64. The molecule has 0 radical (unpaired) electrons. The van der Waals surface area contributed by atoms with Crippen LogP contribution >= 0.6 is 0 Å². The van der Waals surface area contributed by atoms with Crippen molar-refractivity contribution in [3.8, 4) is 0 Å². The quantitative estimate of drug-likeness (QED) is 0.212. The van der Waals surface area contributed by atoms with Gasteiger partial charge in [-0.3, -0.25) is 23.7 Å². The van der Waals surface area contributed by atoms with Crippen molar-refractivity contribution in [2.75, 3.05) is 0 Å². The van der Waals surface area contributed by atoms with Crippen LogP contribution in [0.25, 0.3) is 0 Å². The van der Waals surface area contributed by atoms with Crippen LogP contribution in [0.15, 0.2) is 0 Å². The van der Waals surface area contributed by atoms with Gasteiger partial charge in [-0.25, -0.2) is 0 Å². The lowest BCUT2D eigenvalue weighted by atomic mass is 9.46. The van der Waals surface area contributed by atoms with Gasteiger partial charge in [0.05, 0.1) is 12.8 Å². The molecule has 4 aliphatic carbocycles. The minimum absolute atomic E-state index is 0.141. The van der Waals surface area contributed by atoms with Crippen LogP contribution in [-0.4, -0.2) is 78.2 Å². The van der Waals surface area contributed by atoms with E-state index in [1.165, 1.54) is 19.3 Å². The molecule has 7 rings (SSSR count). The Bertz CT molecular complexity index is 1290. The highest BCUT2D eigenvalue weighted by Gasteiger charge is 2.72. The highest BCUT2D eigenvalue weighted by atomic mass is 32.2. The summed E-state index contributed by atoms with van der Waals surface area (Å²) >= 11 is 0. The summed E-state index contributed by atoms with van der Waals surface area (Å²) in [5.41, 5.74) is -0.933. The number of hydrogen-bond donors (Lipinski definition) is 1. The topological polar surface area (TPSA) is 169 Å². The Morgan fingerprint density at radius 2 is 1.56 bits per heavy atom. The van der Waals surface area contributed by atoms with Crippen molar-refractivity contribution in [2.45, 2.75) is 114 Å². The molecule has 0 spiro atoms. The molecule has 3 aliphatic heterocycles. The highest BCUT2D eigenvalue weighted by molar-refractivity contribution is 7.86. The van der Waals surface area contributed by atoms with Gasteiger partial charge in [-0.1, -0.05) is 0 Å². The molecule has 0 amide bonds. The normalized spacial score (nSPS) is 39.9. The maximum absolute atomic E-state index is 13.7. The SMILES string of the molecule is CC(OC(=O)CCC(=O)OC1C2OC(=O)C3C2OC1C3C(=O)OC(C)(C)C12CC3CC(CC(C3)C1)C2)C(F)(F)S(=O)(=O)O. The lowest BCUT2D eigenvalue weighted by Gasteiger charge is -2.61. The Balaban J connectivity index is 1.08. The van der Waals surface area contributed by atoms with E-state index in [0.717, 1.165) is 19.3 Å². The number of halogens is 2. The van der Waals surface area contributed by atoms with E-state index in [2.05, 4.69) is 4.74 Å². The third kappa shape index (κ3) is 4.93. The summed E-state index contributed by atoms with van der Waals surface area (Å²) in [6.07, 6.45) is -1.20. The number of carbonyl (C=O) groups is 4. The maximum Gasteiger partial charge on any atom is 0.405 e. The summed E-state index contributed by atoms with van der Waals surface area (Å²) in [7, 11) is -5.84. The molecule has 7 unspecified atom stereocenters. The third-order valence-corrected chi connectivity index (χ3v) is 11.8. The van der Waals surface area contributed by atoms with Crippen LogP contribution in [-0.2, 0) is 53.0 Å². The van der Waals surface area contributed by atoms with E-state index >= 15 is 0 Å². The van der Waals surface area contributed by atoms with E-state index in [4.69, 9.17) is 23.5 Å². The van der Waals surface area contributed by atoms with Crippen LogP contribution in [0.5, 0.6) is 0 Å². The van der Waals surface area contributed by atoms with Crippen LogP contribution in [0.2, 0.25) is 0 Å². The molecule has 3 saturated heterocycles. The fraction of sp³-hybridized carbons (Fsp3) is 0.857. The zero-order valence-electron chi connectivity index (χ0n) is 24.0. The molecule has 43 heavy (non-hydrogen) atoms. The van der Waals surface area contributed by atoms with Crippen LogP contribution in [0, 0.1) is 35.0 Å². The third-order valence-electron chi connectivity index (χ3n) is 10.8. The van der Waals surface area contributed by atoms with E-state index < -0.39 is 100 Å². The Morgan fingerprint density at radius 3 is 2.12 bits per heavy atom. The number of fused-ring (bicyclic) bond motifs is 1. The van der Waals surface area contributed by atoms with Crippen LogP contribution < -0.4 is 0 Å². The van der Waals surface area contributed by atoms with Gasteiger partial charge < -0.3 is 23.7 Å². The molecular formula is C28H36F2O12S. The average molecular weight is 635 g/mol. The second-order valence-corrected chi connectivity index (χ2v) is 15.3. The first-order valence-electron chi connectivity index (χ1n) is 14.7. The number of rotatable bonds is 10. The van der Waals surface area contributed by atoms with Crippen molar-refractivity contribution in [3.05, 3.63) is 0 Å². The molecule has 0 aromatic heterocycles. The predicted molar refractivity (Wildman–Crippen MR) is 137 cm³/mol. The number of carbonyl (C=O) groups excluding carboxylic acids is 4. The second kappa shape index (κ2) is 10.1. The molecule has 0 aromatic carbocycles. The number of ether oxygens (including phenoxy) is 5. The molecule has 7 fully saturated rings. The summed E-state index contributed by atoms with van der Waals surface area (Å²) in [4.78, 5) is 51.1. The van der Waals surface area contributed by atoms with Crippen molar-refractivity contribution in [1.29, 1.82) is 0 Å². The van der Waals surface area contributed by atoms with Gasteiger partial charge in [0.2, 0.25) is 0 Å². The van der Waals surface area contributed by atoms with Gasteiger partial charge in [-0.05, 0) is 77.0 Å². The van der Waals surface area contributed by atoms with Gasteiger partial charge in [0.15, 0.2) is 18.3 Å². The summed E-state index contributed by atoms with van der Waals surface area (Å²) in [6, 6.07) is 0. The van der Waals surface area contributed by atoms with Crippen LogP contribution in [0.3, 0.4) is 0 Å². The van der Waals surface area contributed by atoms with E-state index in [-0.39, 0.29) is 5.41 Å². The van der Waals surface area contributed by atoms with Gasteiger partial charge in [0.25, 0.3) is 0 Å². The summed E-state index contributed by atoms with van der Waals surface area (Å²) in [5, 5.41) is -4.75. The molecule has 240 valence electrons. The van der Waals surface area contributed by atoms with E-state index in [1.54, 1.807) is 0 Å². The van der Waals surface area contributed by atoms with Crippen molar-refractivity contribution in [2.24, 2.45) is 35.0 Å². The Labute approximate surface area is 247 Å². The zero-order valence-corrected chi connectivity index (χ0v) is 24.8. The molecule has 7 aliphatic rings. The minimum atomic E-state index is -5.84. The largest absolute Gasteiger partial charge is 0.459 e. The Kier molecular flexibility index (Phi) is 7.17. The van der Waals surface area contributed by atoms with Crippen molar-refractivity contribution in [3.63, 3.8) is 0 Å². The molecule has 6 bridgehead atoms. The Morgan fingerprint density at radius 1 is 1.00 bits per heavy atom. The molecular weight excluding hydrogens is 598 g/mol. The minimum Gasteiger partial charge on any atom is -0.459 e. The van der Waals surface area contributed by atoms with E-state index in [1.807, 2.05) is 13.8 Å². The zero-order chi connectivity index (χ0) is 31.3. The second-order valence-electron chi connectivity index (χ2n) is 13.8. The molecule has 1 N–H and O–H groups in total. The predicted octanol–water partition coefficient (Wildman–Crippen LogP) is 2.57. The number of alkyl halides is 2. The van der Waals surface area contributed by atoms with Gasteiger partial charge in [-0.15, -0.1) is 0 Å². The Hall–Kier alpha value is -2.39. The molecule has 3 heterocycles. The van der Waals surface area contributed by atoms with E-state index in [9.17, 15) is 36.4 Å². The monoisotopic (exact) mass is 634 g/mol. The molecule has 0 aromatic rings. The van der Waals surface area contributed by atoms with Crippen molar-refractivity contribution in [1.82, 2.24) is 0 Å². The first kappa shape index (κ1) is 30.6. The fourth-order valence-corrected chi connectivity index (χ4v) is 9.43. The van der Waals surface area contributed by atoms with Gasteiger partial charge >= 0.3 is 39.2 Å². The first-order chi connectivity index (χ1) is 19.9. The molecule has 4 saturated carbocycles. The first-order valence-corrected chi connectivity index (χ1v) is 16.2. The van der Waals surface area contributed by atoms with Crippen molar-refractivity contribution >= 4 is 34.0 Å². The average Bonchev–Trinajstić information content (AvgIpc) is 3.49. The summed E-state index contributed by atoms with van der Waals surface area (Å²) in [5.74, 6) is -3.65. The lowest BCUT2D eigenvalue weighted by molar-refractivity contribution is -0.205. The van der Waals surface area contributed by atoms with Gasteiger partial charge in [0, 0.05) is 5.41 Å². The van der Waals surface area contributed by atoms with Crippen molar-refractivity contribution < 1.29 is 64.6 Å².